The second-order valence-corrected chi connectivity index (χ2v) is 8.05. The van der Waals surface area contributed by atoms with Gasteiger partial charge in [0.1, 0.15) is 17.6 Å². The number of benzene rings is 2. The minimum absolute atomic E-state index is 0.167. The van der Waals surface area contributed by atoms with E-state index in [0.29, 0.717) is 5.75 Å². The molecule has 0 bridgehead atoms. The van der Waals surface area contributed by atoms with E-state index in [9.17, 15) is 17.6 Å². The van der Waals surface area contributed by atoms with Gasteiger partial charge in [-0.15, -0.1) is 0 Å². The standard InChI is InChI=1S/C19H23FN2O4S/c1-13(15-9-11-16(26-3)12-10-15)21-19(23)14(2)22(27(4,24)25)18-8-6-5-7-17(18)20/h5-14H,1-4H3,(H,21,23)/t13-,14+/m0/s1. The number of ether oxygens (including phenoxy) is 1. The Labute approximate surface area is 159 Å². The maximum Gasteiger partial charge on any atom is 0.244 e. The van der Waals surface area contributed by atoms with Crippen molar-refractivity contribution in [1.29, 1.82) is 0 Å². The fourth-order valence-corrected chi connectivity index (χ4v) is 3.90. The predicted octanol–water partition coefficient (Wildman–Crippen LogP) is 2.87. The number of rotatable bonds is 7. The lowest BCUT2D eigenvalue weighted by Crippen LogP contribution is -2.48. The quantitative estimate of drug-likeness (QED) is 0.784. The molecule has 2 rings (SSSR count). The zero-order valence-electron chi connectivity index (χ0n) is 15.6. The summed E-state index contributed by atoms with van der Waals surface area (Å²) in [7, 11) is -2.32. The molecule has 1 amide bonds. The van der Waals surface area contributed by atoms with Crippen LogP contribution >= 0.6 is 0 Å². The first-order valence-electron chi connectivity index (χ1n) is 8.33. The normalized spacial score (nSPS) is 13.5. The van der Waals surface area contributed by atoms with Crippen molar-refractivity contribution in [2.24, 2.45) is 0 Å². The Morgan fingerprint density at radius 1 is 1.11 bits per heavy atom. The molecule has 1 N–H and O–H groups in total. The molecule has 2 atom stereocenters. The van der Waals surface area contributed by atoms with Crippen LogP contribution in [0.5, 0.6) is 5.75 Å². The molecule has 0 heterocycles. The number of para-hydroxylation sites is 1. The molecule has 27 heavy (non-hydrogen) atoms. The van der Waals surface area contributed by atoms with Gasteiger partial charge in [-0.3, -0.25) is 9.10 Å². The molecule has 0 aliphatic heterocycles. The van der Waals surface area contributed by atoms with Crippen LogP contribution in [0, 0.1) is 5.82 Å². The van der Waals surface area contributed by atoms with Gasteiger partial charge in [-0.25, -0.2) is 12.8 Å². The number of amides is 1. The number of nitrogens with zero attached hydrogens (tertiary/aromatic N) is 1. The van der Waals surface area contributed by atoms with Gasteiger partial charge in [0.25, 0.3) is 0 Å². The van der Waals surface area contributed by atoms with Gasteiger partial charge < -0.3 is 10.1 Å². The van der Waals surface area contributed by atoms with Crippen molar-refractivity contribution in [2.75, 3.05) is 17.7 Å². The molecule has 2 aromatic rings. The van der Waals surface area contributed by atoms with E-state index in [4.69, 9.17) is 4.74 Å². The number of methoxy groups -OCH3 is 1. The van der Waals surface area contributed by atoms with Gasteiger partial charge in [-0.2, -0.15) is 0 Å². The Morgan fingerprint density at radius 2 is 1.70 bits per heavy atom. The van der Waals surface area contributed by atoms with E-state index < -0.39 is 27.8 Å². The number of halogens is 1. The van der Waals surface area contributed by atoms with E-state index in [0.717, 1.165) is 22.2 Å². The van der Waals surface area contributed by atoms with Crippen molar-refractivity contribution in [3.05, 3.63) is 59.9 Å². The number of carbonyl (C=O) groups excluding carboxylic acids is 1. The summed E-state index contributed by atoms with van der Waals surface area (Å²) in [5.74, 6) is -0.564. The molecule has 8 heteroatoms. The monoisotopic (exact) mass is 394 g/mol. The lowest BCUT2D eigenvalue weighted by atomic mass is 10.1. The highest BCUT2D eigenvalue weighted by Crippen LogP contribution is 2.25. The number of sulfonamides is 1. The van der Waals surface area contributed by atoms with Gasteiger partial charge in [-0.05, 0) is 43.7 Å². The molecule has 0 fully saturated rings. The van der Waals surface area contributed by atoms with Crippen LogP contribution in [0.15, 0.2) is 48.5 Å². The number of carbonyl (C=O) groups is 1. The summed E-state index contributed by atoms with van der Waals surface area (Å²) in [6.07, 6.45) is 0.941. The Morgan fingerprint density at radius 3 is 2.22 bits per heavy atom. The highest BCUT2D eigenvalue weighted by Gasteiger charge is 2.31. The van der Waals surface area contributed by atoms with Crippen LogP contribution in [-0.2, 0) is 14.8 Å². The molecule has 0 aliphatic carbocycles. The molecular weight excluding hydrogens is 371 g/mol. The summed E-state index contributed by atoms with van der Waals surface area (Å²) >= 11 is 0. The minimum atomic E-state index is -3.88. The van der Waals surface area contributed by atoms with Gasteiger partial charge in [-0.1, -0.05) is 24.3 Å². The molecule has 0 saturated heterocycles. The highest BCUT2D eigenvalue weighted by molar-refractivity contribution is 7.92. The van der Waals surface area contributed by atoms with Crippen molar-refractivity contribution in [1.82, 2.24) is 5.32 Å². The van der Waals surface area contributed by atoms with Gasteiger partial charge in [0.15, 0.2) is 0 Å². The van der Waals surface area contributed by atoms with Crippen molar-refractivity contribution >= 4 is 21.6 Å². The van der Waals surface area contributed by atoms with E-state index in [1.807, 2.05) is 0 Å². The van der Waals surface area contributed by atoms with Gasteiger partial charge >= 0.3 is 0 Å². The van der Waals surface area contributed by atoms with Crippen molar-refractivity contribution < 1.29 is 22.3 Å². The molecule has 0 radical (unpaired) electrons. The highest BCUT2D eigenvalue weighted by atomic mass is 32.2. The second-order valence-electron chi connectivity index (χ2n) is 6.19. The van der Waals surface area contributed by atoms with E-state index >= 15 is 0 Å². The Balaban J connectivity index is 2.23. The predicted molar refractivity (Wildman–Crippen MR) is 103 cm³/mol. The molecule has 0 aromatic heterocycles. The summed E-state index contributed by atoms with van der Waals surface area (Å²) in [6.45, 7) is 3.20. The fourth-order valence-electron chi connectivity index (χ4n) is 2.72. The molecule has 146 valence electrons. The van der Waals surface area contributed by atoms with Crippen LogP contribution in [0.2, 0.25) is 0 Å². The van der Waals surface area contributed by atoms with Gasteiger partial charge in [0, 0.05) is 0 Å². The maximum atomic E-state index is 14.1. The average molecular weight is 394 g/mol. The largest absolute Gasteiger partial charge is 0.497 e. The second kappa shape index (κ2) is 8.39. The first-order chi connectivity index (χ1) is 12.6. The van der Waals surface area contributed by atoms with Crippen LogP contribution < -0.4 is 14.4 Å². The lowest BCUT2D eigenvalue weighted by molar-refractivity contribution is -0.122. The number of anilines is 1. The molecule has 0 aliphatic rings. The van der Waals surface area contributed by atoms with Crippen LogP contribution in [0.3, 0.4) is 0 Å². The molecule has 0 saturated carbocycles. The van der Waals surface area contributed by atoms with E-state index in [2.05, 4.69) is 5.32 Å². The van der Waals surface area contributed by atoms with Crippen LogP contribution in [0.1, 0.15) is 25.5 Å². The topological polar surface area (TPSA) is 75.7 Å². The number of hydrogen-bond donors (Lipinski definition) is 1. The Bertz CT molecular complexity index is 900. The van der Waals surface area contributed by atoms with Crippen molar-refractivity contribution in [2.45, 2.75) is 25.9 Å². The van der Waals surface area contributed by atoms with E-state index in [1.54, 1.807) is 38.3 Å². The van der Waals surface area contributed by atoms with Crippen molar-refractivity contribution in [3.63, 3.8) is 0 Å². The van der Waals surface area contributed by atoms with E-state index in [1.165, 1.54) is 25.1 Å². The van der Waals surface area contributed by atoms with Crippen LogP contribution in [0.4, 0.5) is 10.1 Å². The van der Waals surface area contributed by atoms with Crippen LogP contribution in [-0.4, -0.2) is 33.7 Å². The molecule has 0 unspecified atom stereocenters. The third-order valence-electron chi connectivity index (χ3n) is 4.15. The van der Waals surface area contributed by atoms with Crippen LogP contribution in [0.25, 0.3) is 0 Å². The number of hydrogen-bond acceptors (Lipinski definition) is 4. The van der Waals surface area contributed by atoms with Gasteiger partial charge in [0.2, 0.25) is 15.9 Å². The third kappa shape index (κ3) is 4.97. The maximum absolute atomic E-state index is 14.1. The smallest absolute Gasteiger partial charge is 0.244 e. The zero-order valence-corrected chi connectivity index (χ0v) is 16.5. The summed E-state index contributed by atoms with van der Waals surface area (Å²) < 4.78 is 44.5. The first-order valence-corrected chi connectivity index (χ1v) is 10.2. The zero-order chi connectivity index (χ0) is 20.2. The van der Waals surface area contributed by atoms with Gasteiger partial charge in [0.05, 0.1) is 25.1 Å². The summed E-state index contributed by atoms with van der Waals surface area (Å²) in [6, 6.07) is 11.1. The lowest BCUT2D eigenvalue weighted by Gasteiger charge is -2.29. The average Bonchev–Trinajstić information content (AvgIpc) is 2.62. The minimum Gasteiger partial charge on any atom is -0.497 e. The molecule has 0 spiro atoms. The molecule has 6 nitrogen and oxygen atoms in total. The first kappa shape index (κ1) is 20.7. The number of nitrogens with one attached hydrogen (secondary N) is 1. The SMILES string of the molecule is COc1ccc([C@H](C)NC(=O)[C@@H](C)N(c2ccccc2F)S(C)(=O)=O)cc1. The van der Waals surface area contributed by atoms with E-state index in [-0.39, 0.29) is 11.7 Å². The third-order valence-corrected chi connectivity index (χ3v) is 5.38. The summed E-state index contributed by atoms with van der Waals surface area (Å²) in [5.41, 5.74) is 0.660. The van der Waals surface area contributed by atoms with Crippen molar-refractivity contribution in [3.8, 4) is 5.75 Å². The molecular formula is C19H23FN2O4S. The molecule has 2 aromatic carbocycles. The summed E-state index contributed by atoms with van der Waals surface area (Å²) in [5, 5.41) is 2.77. The fraction of sp³-hybridized carbons (Fsp3) is 0.316. The Hall–Kier alpha value is -2.61. The summed E-state index contributed by atoms with van der Waals surface area (Å²) in [4.78, 5) is 12.7. The Kier molecular flexibility index (Phi) is 6.43.